The fourth-order valence-corrected chi connectivity index (χ4v) is 2.69. The molecule has 0 spiro atoms. The molecule has 1 fully saturated rings. The summed E-state index contributed by atoms with van der Waals surface area (Å²) < 4.78 is 13.0. The second-order valence-electron chi connectivity index (χ2n) is 5.12. The lowest BCUT2D eigenvalue weighted by molar-refractivity contribution is 0.397. The van der Waals surface area contributed by atoms with Crippen LogP contribution in [0.2, 0.25) is 0 Å². The first kappa shape index (κ1) is 12.4. The molecule has 1 saturated heterocycles. The Morgan fingerprint density at radius 3 is 2.79 bits per heavy atom. The zero-order valence-corrected chi connectivity index (χ0v) is 10.8. The minimum absolute atomic E-state index is 0.206. The normalized spacial score (nSPS) is 19.5. The molecule has 2 heterocycles. The molecular formula is C15H18FN3. The molecular weight excluding hydrogens is 241 g/mol. The fraction of sp³-hybridized carbons (Fsp3) is 0.400. The minimum atomic E-state index is -0.206. The van der Waals surface area contributed by atoms with Gasteiger partial charge in [0.05, 0.1) is 6.20 Å². The largest absolute Gasteiger partial charge is 0.314 e. The van der Waals surface area contributed by atoms with Gasteiger partial charge in [0, 0.05) is 23.7 Å². The van der Waals surface area contributed by atoms with Gasteiger partial charge in [-0.15, -0.1) is 0 Å². The van der Waals surface area contributed by atoms with E-state index in [1.165, 1.54) is 31.4 Å². The Kier molecular flexibility index (Phi) is 3.60. The summed E-state index contributed by atoms with van der Waals surface area (Å²) in [5, 5.41) is 10.8. The van der Waals surface area contributed by atoms with Crippen LogP contribution in [0.4, 0.5) is 4.39 Å². The monoisotopic (exact) mass is 259 g/mol. The van der Waals surface area contributed by atoms with E-state index in [1.807, 2.05) is 6.20 Å². The van der Waals surface area contributed by atoms with Crippen LogP contribution >= 0.6 is 0 Å². The molecule has 4 heteroatoms. The van der Waals surface area contributed by atoms with E-state index in [4.69, 9.17) is 0 Å². The number of rotatable bonds is 3. The highest BCUT2D eigenvalue weighted by atomic mass is 19.1. The molecule has 1 unspecified atom stereocenters. The third kappa shape index (κ3) is 2.84. The molecule has 3 nitrogen and oxygen atoms in total. The molecule has 0 radical (unpaired) electrons. The number of benzene rings is 1. The van der Waals surface area contributed by atoms with Crippen molar-refractivity contribution in [3.8, 4) is 11.1 Å². The summed E-state index contributed by atoms with van der Waals surface area (Å²) in [6, 6.07) is 7.11. The lowest BCUT2D eigenvalue weighted by Gasteiger charge is -2.23. The Hall–Kier alpha value is -1.68. The van der Waals surface area contributed by atoms with Crippen molar-refractivity contribution in [1.82, 2.24) is 15.5 Å². The van der Waals surface area contributed by atoms with E-state index < -0.39 is 0 Å². The van der Waals surface area contributed by atoms with Crippen LogP contribution < -0.4 is 5.32 Å². The number of hydrogen-bond donors (Lipinski definition) is 2. The molecule has 0 saturated carbocycles. The quantitative estimate of drug-likeness (QED) is 0.889. The van der Waals surface area contributed by atoms with Crippen molar-refractivity contribution in [3.05, 3.63) is 42.0 Å². The van der Waals surface area contributed by atoms with Crippen molar-refractivity contribution in [2.24, 2.45) is 0 Å². The van der Waals surface area contributed by atoms with Crippen LogP contribution in [0.15, 0.2) is 30.5 Å². The summed E-state index contributed by atoms with van der Waals surface area (Å²) in [6.45, 7) is 1.10. The number of nitrogens with zero attached hydrogens (tertiary/aromatic N) is 1. The van der Waals surface area contributed by atoms with Crippen molar-refractivity contribution in [3.63, 3.8) is 0 Å². The molecule has 0 amide bonds. The molecule has 1 aliphatic rings. The van der Waals surface area contributed by atoms with Crippen molar-refractivity contribution >= 4 is 0 Å². The molecule has 2 aromatic rings. The SMILES string of the molecule is Fc1ccc(-c2cn[nH]c2CC2CCCCN2)cc1. The Bertz CT molecular complexity index is 527. The number of H-pyrrole nitrogens is 1. The third-order valence-corrected chi connectivity index (χ3v) is 3.74. The van der Waals surface area contributed by atoms with Crippen LogP contribution in [0, 0.1) is 5.82 Å². The fourth-order valence-electron chi connectivity index (χ4n) is 2.69. The molecule has 1 aromatic heterocycles. The van der Waals surface area contributed by atoms with Gasteiger partial charge in [-0.1, -0.05) is 18.6 Å². The first-order chi connectivity index (χ1) is 9.33. The van der Waals surface area contributed by atoms with Gasteiger partial charge >= 0.3 is 0 Å². The standard InChI is InChI=1S/C15H18FN3/c16-12-6-4-11(5-7-12)14-10-18-19-15(14)9-13-3-1-2-8-17-13/h4-7,10,13,17H,1-3,8-9H2,(H,18,19). The van der Waals surface area contributed by atoms with E-state index >= 15 is 0 Å². The van der Waals surface area contributed by atoms with Crippen LogP contribution in [0.3, 0.4) is 0 Å². The third-order valence-electron chi connectivity index (χ3n) is 3.74. The highest BCUT2D eigenvalue weighted by molar-refractivity contribution is 5.65. The second-order valence-corrected chi connectivity index (χ2v) is 5.12. The number of piperidine rings is 1. The van der Waals surface area contributed by atoms with E-state index in [0.29, 0.717) is 6.04 Å². The van der Waals surface area contributed by atoms with E-state index in [9.17, 15) is 4.39 Å². The zero-order chi connectivity index (χ0) is 13.1. The second kappa shape index (κ2) is 5.53. The Morgan fingerprint density at radius 2 is 2.05 bits per heavy atom. The Labute approximate surface area is 112 Å². The van der Waals surface area contributed by atoms with Crippen LogP contribution in [0.5, 0.6) is 0 Å². The Morgan fingerprint density at radius 1 is 1.21 bits per heavy atom. The van der Waals surface area contributed by atoms with Crippen LogP contribution in [0.25, 0.3) is 11.1 Å². The zero-order valence-electron chi connectivity index (χ0n) is 10.8. The van der Waals surface area contributed by atoms with Crippen LogP contribution in [-0.2, 0) is 6.42 Å². The molecule has 100 valence electrons. The number of aromatic amines is 1. The Balaban J connectivity index is 1.79. The molecule has 0 aliphatic carbocycles. The minimum Gasteiger partial charge on any atom is -0.314 e. The molecule has 1 aliphatic heterocycles. The van der Waals surface area contributed by atoms with Gasteiger partial charge < -0.3 is 5.32 Å². The first-order valence-electron chi connectivity index (χ1n) is 6.84. The number of halogens is 1. The average molecular weight is 259 g/mol. The summed E-state index contributed by atoms with van der Waals surface area (Å²) in [7, 11) is 0. The summed E-state index contributed by atoms with van der Waals surface area (Å²) >= 11 is 0. The highest BCUT2D eigenvalue weighted by Crippen LogP contribution is 2.24. The number of nitrogens with one attached hydrogen (secondary N) is 2. The predicted molar refractivity (Wildman–Crippen MR) is 73.3 cm³/mol. The van der Waals surface area contributed by atoms with Gasteiger partial charge in [0.15, 0.2) is 0 Å². The van der Waals surface area contributed by atoms with Crippen LogP contribution in [0.1, 0.15) is 25.0 Å². The maximum absolute atomic E-state index is 13.0. The van der Waals surface area contributed by atoms with E-state index in [0.717, 1.165) is 29.8 Å². The lowest BCUT2D eigenvalue weighted by atomic mass is 9.97. The van der Waals surface area contributed by atoms with Gasteiger partial charge in [-0.25, -0.2) is 4.39 Å². The van der Waals surface area contributed by atoms with Crippen molar-refractivity contribution in [2.75, 3.05) is 6.54 Å². The number of hydrogen-bond acceptors (Lipinski definition) is 2. The summed E-state index contributed by atoms with van der Waals surface area (Å²) in [5.41, 5.74) is 3.22. The van der Waals surface area contributed by atoms with Gasteiger partial charge in [0.2, 0.25) is 0 Å². The van der Waals surface area contributed by atoms with Crippen molar-refractivity contribution < 1.29 is 4.39 Å². The summed E-state index contributed by atoms with van der Waals surface area (Å²) in [4.78, 5) is 0. The topological polar surface area (TPSA) is 40.7 Å². The van der Waals surface area contributed by atoms with Gasteiger partial charge in [-0.05, 0) is 37.1 Å². The van der Waals surface area contributed by atoms with Gasteiger partial charge in [0.1, 0.15) is 5.82 Å². The van der Waals surface area contributed by atoms with Crippen LogP contribution in [-0.4, -0.2) is 22.8 Å². The van der Waals surface area contributed by atoms with E-state index in [1.54, 1.807) is 12.1 Å². The maximum Gasteiger partial charge on any atom is 0.123 e. The van der Waals surface area contributed by atoms with E-state index in [2.05, 4.69) is 15.5 Å². The van der Waals surface area contributed by atoms with Gasteiger partial charge in [-0.3, -0.25) is 5.10 Å². The molecule has 2 N–H and O–H groups in total. The summed E-state index contributed by atoms with van der Waals surface area (Å²) in [6.07, 6.45) is 6.54. The van der Waals surface area contributed by atoms with E-state index in [-0.39, 0.29) is 5.82 Å². The summed E-state index contributed by atoms with van der Waals surface area (Å²) in [5.74, 6) is -0.206. The smallest absolute Gasteiger partial charge is 0.123 e. The maximum atomic E-state index is 13.0. The lowest BCUT2D eigenvalue weighted by Crippen LogP contribution is -2.35. The molecule has 19 heavy (non-hydrogen) atoms. The molecule has 1 aromatic carbocycles. The molecule has 1 atom stereocenters. The predicted octanol–water partition coefficient (Wildman–Crippen LogP) is 2.90. The first-order valence-corrected chi connectivity index (χ1v) is 6.84. The van der Waals surface area contributed by atoms with Gasteiger partial charge in [-0.2, -0.15) is 5.10 Å². The average Bonchev–Trinajstić information content (AvgIpc) is 2.89. The van der Waals surface area contributed by atoms with Gasteiger partial charge in [0.25, 0.3) is 0 Å². The molecule has 0 bridgehead atoms. The van der Waals surface area contributed by atoms with Crippen molar-refractivity contribution in [2.45, 2.75) is 31.7 Å². The highest BCUT2D eigenvalue weighted by Gasteiger charge is 2.16. The molecule has 3 rings (SSSR count). The van der Waals surface area contributed by atoms with Crippen molar-refractivity contribution in [1.29, 1.82) is 0 Å². The number of aromatic nitrogens is 2.